The van der Waals surface area contributed by atoms with Crippen molar-refractivity contribution >= 4 is 18.0 Å². The number of nitrogens with zero attached hydrogens (tertiary/aromatic N) is 1. The van der Waals surface area contributed by atoms with E-state index in [0.717, 1.165) is 22.3 Å². The molecule has 0 spiro atoms. The van der Waals surface area contributed by atoms with Crippen molar-refractivity contribution in [1.29, 1.82) is 0 Å². The number of nitrogens with one attached hydrogen (secondary N) is 1. The van der Waals surface area contributed by atoms with E-state index in [1.165, 1.54) is 4.90 Å². The number of fused-ring (bicyclic) bond motifs is 3. The number of alkyl carbamates (subject to hydrolysis) is 1. The summed E-state index contributed by atoms with van der Waals surface area (Å²) >= 11 is 0. The van der Waals surface area contributed by atoms with E-state index in [4.69, 9.17) is 9.84 Å². The molecule has 0 saturated heterocycles. The lowest BCUT2D eigenvalue weighted by Crippen LogP contribution is -2.48. The Bertz CT molecular complexity index is 940. The monoisotopic (exact) mass is 424 g/mol. The Morgan fingerprint density at radius 1 is 1.03 bits per heavy atom. The van der Waals surface area contributed by atoms with E-state index in [0.29, 0.717) is 0 Å². The van der Waals surface area contributed by atoms with Gasteiger partial charge < -0.3 is 20.1 Å². The van der Waals surface area contributed by atoms with Gasteiger partial charge in [-0.15, -0.1) is 0 Å². The molecule has 0 aliphatic heterocycles. The molecular weight excluding hydrogens is 396 g/mol. The van der Waals surface area contributed by atoms with Crippen molar-refractivity contribution in [2.45, 2.75) is 38.6 Å². The van der Waals surface area contributed by atoms with E-state index in [1.54, 1.807) is 20.8 Å². The van der Waals surface area contributed by atoms with E-state index < -0.39 is 17.6 Å². The lowest BCUT2D eigenvalue weighted by molar-refractivity contribution is -0.144. The van der Waals surface area contributed by atoms with Crippen LogP contribution in [0.1, 0.15) is 44.2 Å². The van der Waals surface area contributed by atoms with E-state index in [2.05, 4.69) is 17.4 Å². The van der Waals surface area contributed by atoms with Gasteiger partial charge in [0.15, 0.2) is 0 Å². The van der Waals surface area contributed by atoms with Crippen LogP contribution in [0.5, 0.6) is 0 Å². The number of aliphatic carboxylic acids is 1. The molecule has 31 heavy (non-hydrogen) atoms. The number of carbonyl (C=O) groups excluding carboxylic acids is 2. The summed E-state index contributed by atoms with van der Waals surface area (Å²) in [4.78, 5) is 37.1. The Morgan fingerprint density at radius 2 is 1.58 bits per heavy atom. The highest BCUT2D eigenvalue weighted by molar-refractivity contribution is 5.83. The predicted molar refractivity (Wildman–Crippen MR) is 117 cm³/mol. The third-order valence-electron chi connectivity index (χ3n) is 5.44. The molecular formula is C24H28N2O5. The first-order valence-corrected chi connectivity index (χ1v) is 10.3. The summed E-state index contributed by atoms with van der Waals surface area (Å²) in [6.45, 7) is 5.24. The van der Waals surface area contributed by atoms with Crippen molar-refractivity contribution in [3.63, 3.8) is 0 Å². The number of carbonyl (C=O) groups is 3. The molecule has 0 saturated carbocycles. The second-order valence-electron chi connectivity index (χ2n) is 8.31. The van der Waals surface area contributed by atoms with Gasteiger partial charge >= 0.3 is 12.1 Å². The Hall–Kier alpha value is -3.35. The number of benzene rings is 2. The molecule has 2 aromatic rings. The van der Waals surface area contributed by atoms with E-state index >= 15 is 0 Å². The molecule has 7 nitrogen and oxygen atoms in total. The van der Waals surface area contributed by atoms with Gasteiger partial charge in [0, 0.05) is 24.4 Å². The van der Waals surface area contributed by atoms with Crippen LogP contribution >= 0.6 is 0 Å². The van der Waals surface area contributed by atoms with Gasteiger partial charge in [0.25, 0.3) is 0 Å². The summed E-state index contributed by atoms with van der Waals surface area (Å²) in [5, 5.41) is 11.7. The molecule has 2 amide bonds. The van der Waals surface area contributed by atoms with Crippen LogP contribution in [0.15, 0.2) is 48.5 Å². The van der Waals surface area contributed by atoms with Crippen LogP contribution in [-0.4, -0.2) is 53.2 Å². The maximum absolute atomic E-state index is 12.5. The van der Waals surface area contributed by atoms with Crippen LogP contribution in [0.4, 0.5) is 4.79 Å². The zero-order valence-corrected chi connectivity index (χ0v) is 18.1. The highest BCUT2D eigenvalue weighted by Crippen LogP contribution is 2.44. The maximum atomic E-state index is 12.5. The highest BCUT2D eigenvalue weighted by atomic mass is 16.5. The first kappa shape index (κ1) is 22.3. The molecule has 0 radical (unpaired) electrons. The molecule has 0 fully saturated rings. The first-order valence-electron chi connectivity index (χ1n) is 10.3. The van der Waals surface area contributed by atoms with Gasteiger partial charge in [-0.1, -0.05) is 48.5 Å². The quantitative estimate of drug-likeness (QED) is 0.675. The first-order chi connectivity index (χ1) is 14.7. The third kappa shape index (κ3) is 5.23. The molecule has 0 aromatic heterocycles. The minimum absolute atomic E-state index is 0.0294. The Kier molecular flexibility index (Phi) is 6.63. The summed E-state index contributed by atoms with van der Waals surface area (Å²) in [6, 6.07) is 16.2. The Labute approximate surface area is 182 Å². The summed E-state index contributed by atoms with van der Waals surface area (Å²) < 4.78 is 5.54. The Balaban J connectivity index is 1.61. The molecule has 0 heterocycles. The number of carboxylic acids is 1. The maximum Gasteiger partial charge on any atom is 0.407 e. The van der Waals surface area contributed by atoms with Crippen molar-refractivity contribution in [1.82, 2.24) is 10.2 Å². The minimum atomic E-state index is -1.07. The molecule has 3 rings (SSSR count). The number of hydrogen-bond acceptors (Lipinski definition) is 4. The largest absolute Gasteiger partial charge is 0.480 e. The van der Waals surface area contributed by atoms with Gasteiger partial charge in [-0.05, 0) is 43.0 Å². The summed E-state index contributed by atoms with van der Waals surface area (Å²) in [5.41, 5.74) is 3.66. The fourth-order valence-corrected chi connectivity index (χ4v) is 3.98. The van der Waals surface area contributed by atoms with Gasteiger partial charge in [0.2, 0.25) is 5.91 Å². The Morgan fingerprint density at radius 3 is 2.10 bits per heavy atom. The normalized spacial score (nSPS) is 12.6. The lowest BCUT2D eigenvalue weighted by Gasteiger charge is -2.28. The van der Waals surface area contributed by atoms with Crippen LogP contribution in [0.3, 0.4) is 0 Å². The third-order valence-corrected chi connectivity index (χ3v) is 5.44. The van der Waals surface area contributed by atoms with E-state index in [1.807, 2.05) is 36.4 Å². The molecule has 2 N–H and O–H groups in total. The fourth-order valence-electron chi connectivity index (χ4n) is 3.98. The minimum Gasteiger partial charge on any atom is -0.480 e. The standard InChI is InChI=1S/C24H28N2O5/c1-4-26(14-22(28)29)21(27)13-24(2,3)25-23(30)31-15-20-18-11-7-5-9-16(18)17-10-6-8-12-19(17)20/h5-12,20H,4,13-15H2,1-3H3,(H,25,30)(H,28,29). The SMILES string of the molecule is CCN(CC(=O)O)C(=O)CC(C)(C)NC(=O)OCC1c2ccccc2-c2ccccc21. The molecule has 0 atom stereocenters. The van der Waals surface area contributed by atoms with Crippen molar-refractivity contribution < 1.29 is 24.2 Å². The number of amides is 2. The zero-order chi connectivity index (χ0) is 22.6. The fraction of sp³-hybridized carbons (Fsp3) is 0.375. The van der Waals surface area contributed by atoms with Crippen molar-refractivity contribution in [2.24, 2.45) is 0 Å². The summed E-state index contributed by atoms with van der Waals surface area (Å²) in [5.74, 6) is -1.46. The second kappa shape index (κ2) is 9.20. The second-order valence-corrected chi connectivity index (χ2v) is 8.31. The van der Waals surface area contributed by atoms with Crippen LogP contribution < -0.4 is 5.32 Å². The summed E-state index contributed by atoms with van der Waals surface area (Å²) in [7, 11) is 0. The number of hydrogen-bond donors (Lipinski definition) is 2. The highest BCUT2D eigenvalue weighted by Gasteiger charge is 2.31. The van der Waals surface area contributed by atoms with Crippen molar-refractivity contribution in [2.75, 3.05) is 19.7 Å². The number of rotatable bonds is 8. The lowest BCUT2D eigenvalue weighted by atomic mass is 9.98. The van der Waals surface area contributed by atoms with Gasteiger partial charge in [-0.3, -0.25) is 9.59 Å². The average Bonchev–Trinajstić information content (AvgIpc) is 3.03. The van der Waals surface area contributed by atoms with Crippen LogP contribution in [-0.2, 0) is 14.3 Å². The smallest absolute Gasteiger partial charge is 0.407 e. The van der Waals surface area contributed by atoms with Crippen molar-refractivity contribution in [3.05, 3.63) is 59.7 Å². The van der Waals surface area contributed by atoms with Crippen LogP contribution in [0, 0.1) is 0 Å². The van der Waals surface area contributed by atoms with Gasteiger partial charge in [0.05, 0.1) is 0 Å². The predicted octanol–water partition coefficient (Wildman–Crippen LogP) is 3.63. The zero-order valence-electron chi connectivity index (χ0n) is 18.1. The number of ether oxygens (including phenoxy) is 1. The molecule has 0 bridgehead atoms. The molecule has 1 aliphatic carbocycles. The molecule has 0 unspecified atom stereocenters. The van der Waals surface area contributed by atoms with E-state index in [9.17, 15) is 14.4 Å². The van der Waals surface area contributed by atoms with E-state index in [-0.39, 0.29) is 37.9 Å². The van der Waals surface area contributed by atoms with Crippen LogP contribution in [0.2, 0.25) is 0 Å². The van der Waals surface area contributed by atoms with Crippen molar-refractivity contribution in [3.8, 4) is 11.1 Å². The average molecular weight is 424 g/mol. The van der Waals surface area contributed by atoms with Gasteiger partial charge in [0.1, 0.15) is 13.2 Å². The van der Waals surface area contributed by atoms with Gasteiger partial charge in [-0.25, -0.2) is 4.79 Å². The summed E-state index contributed by atoms with van der Waals surface area (Å²) in [6.07, 6.45) is -0.640. The van der Waals surface area contributed by atoms with Crippen LogP contribution in [0.25, 0.3) is 11.1 Å². The number of carboxylic acid groups (broad SMARTS) is 1. The molecule has 164 valence electrons. The topological polar surface area (TPSA) is 95.9 Å². The molecule has 2 aromatic carbocycles. The van der Waals surface area contributed by atoms with Gasteiger partial charge in [-0.2, -0.15) is 0 Å². The number of likely N-dealkylation sites (N-methyl/N-ethyl adjacent to an activating group) is 1. The molecule has 1 aliphatic rings. The molecule has 7 heteroatoms.